The smallest absolute Gasteiger partial charge is 0.271 e. The molecule has 0 atom stereocenters. The molecule has 0 saturated carbocycles. The van der Waals surface area contributed by atoms with Crippen LogP contribution in [0.1, 0.15) is 54.2 Å². The van der Waals surface area contributed by atoms with E-state index in [-0.39, 0.29) is 23.8 Å². The van der Waals surface area contributed by atoms with Crippen LogP contribution >= 0.6 is 12.4 Å². The van der Waals surface area contributed by atoms with Crippen molar-refractivity contribution >= 4 is 40.6 Å². The molecule has 1 aliphatic heterocycles. The Morgan fingerprint density at radius 1 is 1.21 bits per heavy atom. The number of amides is 1. The van der Waals surface area contributed by atoms with E-state index in [0.717, 1.165) is 42.8 Å². The minimum atomic E-state index is -0.734. The van der Waals surface area contributed by atoms with E-state index in [1.807, 2.05) is 19.1 Å². The van der Waals surface area contributed by atoms with Crippen LogP contribution in [0.15, 0.2) is 30.3 Å². The zero-order valence-corrected chi connectivity index (χ0v) is 20.7. The largest absolute Gasteiger partial charge is 0.496 e. The Hall–Kier alpha value is -2.97. The molecular weight excluding hydrogens is 457 g/mol. The molecule has 1 fully saturated rings. The number of hydrogen-bond acceptors (Lipinski definition) is 6. The van der Waals surface area contributed by atoms with Gasteiger partial charge < -0.3 is 20.7 Å². The standard InChI is InChI=1S/C25H30FN5O2.ClH/c1-14(2)31-9-7-16(8-10-31)17-12-18-21(13-22(17)33-4)29-30-24(25(27)32)23(18)28-20-6-5-15(3)11-19(20)26;/h5-6,11-14,16H,7-10H2,1-4H3,(H2,27,32)(H,28,29);1H. The topological polar surface area (TPSA) is 93.4 Å². The molecule has 3 N–H and O–H groups in total. The first-order valence-corrected chi connectivity index (χ1v) is 11.2. The number of carbonyl (C=O) groups excluding carboxylic acids is 1. The molecule has 1 aromatic heterocycles. The number of methoxy groups -OCH3 is 1. The normalized spacial score (nSPS) is 14.8. The van der Waals surface area contributed by atoms with Gasteiger partial charge in [0.05, 0.1) is 24.0 Å². The number of piperidine rings is 1. The fraction of sp³-hybridized carbons (Fsp3) is 0.400. The number of fused-ring (bicyclic) bond motifs is 1. The van der Waals surface area contributed by atoms with E-state index in [0.29, 0.717) is 28.6 Å². The molecule has 3 aromatic rings. The lowest BCUT2D eigenvalue weighted by Gasteiger charge is -2.35. The molecule has 1 aliphatic rings. The maximum Gasteiger partial charge on any atom is 0.271 e. The predicted octanol–water partition coefficient (Wildman–Crippen LogP) is 4.94. The van der Waals surface area contributed by atoms with Crippen LogP contribution in [0.25, 0.3) is 10.9 Å². The lowest BCUT2D eigenvalue weighted by molar-refractivity contribution is 0.0995. The van der Waals surface area contributed by atoms with Crippen molar-refractivity contribution in [2.75, 3.05) is 25.5 Å². The molecule has 2 heterocycles. The average molecular weight is 488 g/mol. The first kappa shape index (κ1) is 25.6. The molecule has 0 bridgehead atoms. The Labute approximate surface area is 205 Å². The van der Waals surface area contributed by atoms with Crippen molar-refractivity contribution in [1.82, 2.24) is 15.1 Å². The van der Waals surface area contributed by atoms with E-state index in [1.54, 1.807) is 19.2 Å². The summed E-state index contributed by atoms with van der Waals surface area (Å²) in [4.78, 5) is 14.6. The number of carbonyl (C=O) groups is 1. The van der Waals surface area contributed by atoms with Crippen LogP contribution in [0.5, 0.6) is 5.75 Å². The number of anilines is 2. The molecule has 1 saturated heterocycles. The summed E-state index contributed by atoms with van der Waals surface area (Å²) >= 11 is 0. The highest BCUT2D eigenvalue weighted by molar-refractivity contribution is 6.06. The lowest BCUT2D eigenvalue weighted by Crippen LogP contribution is -2.37. The summed E-state index contributed by atoms with van der Waals surface area (Å²) in [5.41, 5.74) is 8.52. The van der Waals surface area contributed by atoms with Gasteiger partial charge in [0.15, 0.2) is 5.69 Å². The SMILES string of the molecule is COc1cc2nnc(C(N)=O)c(Nc3ccc(C)cc3F)c2cc1C1CCN(C(C)C)CC1.Cl. The summed E-state index contributed by atoms with van der Waals surface area (Å²) in [5.74, 6) is -0.125. The first-order chi connectivity index (χ1) is 15.8. The Kier molecular flexibility index (Phi) is 7.94. The van der Waals surface area contributed by atoms with Gasteiger partial charge in [0.25, 0.3) is 5.91 Å². The first-order valence-electron chi connectivity index (χ1n) is 11.2. The van der Waals surface area contributed by atoms with Gasteiger partial charge in [-0.25, -0.2) is 4.39 Å². The minimum absolute atomic E-state index is 0. The van der Waals surface area contributed by atoms with E-state index < -0.39 is 11.7 Å². The number of primary amides is 1. The molecule has 1 amide bonds. The van der Waals surface area contributed by atoms with Crippen molar-refractivity contribution in [3.63, 3.8) is 0 Å². The number of benzene rings is 2. The molecule has 2 aromatic carbocycles. The summed E-state index contributed by atoms with van der Waals surface area (Å²) in [5, 5.41) is 11.9. The van der Waals surface area contributed by atoms with Gasteiger partial charge in [0.1, 0.15) is 11.6 Å². The maximum absolute atomic E-state index is 14.6. The van der Waals surface area contributed by atoms with E-state index in [9.17, 15) is 9.18 Å². The third-order valence-electron chi connectivity index (χ3n) is 6.43. The van der Waals surface area contributed by atoms with Crippen LogP contribution in [0, 0.1) is 12.7 Å². The minimum Gasteiger partial charge on any atom is -0.496 e. The number of nitrogens with zero attached hydrogens (tertiary/aromatic N) is 3. The van der Waals surface area contributed by atoms with Gasteiger partial charge in [-0.1, -0.05) is 6.07 Å². The number of rotatable bonds is 6. The van der Waals surface area contributed by atoms with Gasteiger partial charge in [-0.2, -0.15) is 0 Å². The highest BCUT2D eigenvalue weighted by Crippen LogP contribution is 2.39. The monoisotopic (exact) mass is 487 g/mol. The Balaban J connectivity index is 0.00000324. The number of hydrogen-bond donors (Lipinski definition) is 2. The Morgan fingerprint density at radius 3 is 2.50 bits per heavy atom. The van der Waals surface area contributed by atoms with Crippen molar-refractivity contribution in [3.8, 4) is 5.75 Å². The van der Waals surface area contributed by atoms with Crippen molar-refractivity contribution in [3.05, 3.63) is 53.0 Å². The number of aryl methyl sites for hydroxylation is 1. The number of ether oxygens (including phenoxy) is 1. The number of likely N-dealkylation sites (tertiary alicyclic amines) is 1. The zero-order chi connectivity index (χ0) is 23.7. The lowest BCUT2D eigenvalue weighted by atomic mass is 9.87. The van der Waals surface area contributed by atoms with E-state index in [2.05, 4.69) is 34.3 Å². The van der Waals surface area contributed by atoms with Gasteiger partial charge in [0, 0.05) is 17.5 Å². The summed E-state index contributed by atoms with van der Waals surface area (Å²) in [6.07, 6.45) is 1.99. The Morgan fingerprint density at radius 2 is 1.91 bits per heavy atom. The molecule has 0 spiro atoms. The quantitative estimate of drug-likeness (QED) is 0.511. The summed E-state index contributed by atoms with van der Waals surface area (Å²) in [6, 6.07) is 9.18. The molecule has 0 unspecified atom stereocenters. The summed E-state index contributed by atoms with van der Waals surface area (Å²) in [6.45, 7) is 8.25. The third-order valence-corrected chi connectivity index (χ3v) is 6.43. The maximum atomic E-state index is 14.6. The van der Waals surface area contributed by atoms with Gasteiger partial charge in [-0.05, 0) is 81.9 Å². The van der Waals surface area contributed by atoms with Crippen LogP contribution in [0.3, 0.4) is 0 Å². The number of nitrogens with one attached hydrogen (secondary N) is 1. The second-order valence-corrected chi connectivity index (χ2v) is 8.91. The highest BCUT2D eigenvalue weighted by Gasteiger charge is 2.26. The molecule has 7 nitrogen and oxygen atoms in total. The molecule has 182 valence electrons. The molecular formula is C25H31ClFN5O2. The zero-order valence-electron chi connectivity index (χ0n) is 19.9. The molecule has 0 radical (unpaired) electrons. The van der Waals surface area contributed by atoms with Gasteiger partial charge in [-0.3, -0.25) is 4.79 Å². The number of aromatic nitrogens is 2. The summed E-state index contributed by atoms with van der Waals surface area (Å²) in [7, 11) is 1.64. The van der Waals surface area contributed by atoms with E-state index in [4.69, 9.17) is 10.5 Å². The summed E-state index contributed by atoms with van der Waals surface area (Å²) < 4.78 is 20.3. The van der Waals surface area contributed by atoms with Crippen LogP contribution in [-0.4, -0.2) is 47.2 Å². The van der Waals surface area contributed by atoms with Crippen LogP contribution < -0.4 is 15.8 Å². The van der Waals surface area contributed by atoms with Crippen LogP contribution in [0.2, 0.25) is 0 Å². The average Bonchev–Trinajstić information content (AvgIpc) is 2.79. The number of halogens is 2. The van der Waals surface area contributed by atoms with Gasteiger partial charge in [0.2, 0.25) is 0 Å². The number of nitrogens with two attached hydrogens (primary N) is 1. The van der Waals surface area contributed by atoms with Crippen molar-refractivity contribution in [2.24, 2.45) is 5.73 Å². The Bertz CT molecular complexity index is 1200. The van der Waals surface area contributed by atoms with Crippen molar-refractivity contribution in [1.29, 1.82) is 0 Å². The van der Waals surface area contributed by atoms with Crippen molar-refractivity contribution < 1.29 is 13.9 Å². The predicted molar refractivity (Wildman–Crippen MR) is 135 cm³/mol. The fourth-order valence-corrected chi connectivity index (χ4v) is 4.53. The van der Waals surface area contributed by atoms with E-state index in [1.165, 1.54) is 6.07 Å². The van der Waals surface area contributed by atoms with Gasteiger partial charge in [-0.15, -0.1) is 22.6 Å². The molecule has 0 aliphatic carbocycles. The van der Waals surface area contributed by atoms with Gasteiger partial charge >= 0.3 is 0 Å². The fourth-order valence-electron chi connectivity index (χ4n) is 4.53. The highest BCUT2D eigenvalue weighted by atomic mass is 35.5. The van der Waals surface area contributed by atoms with Crippen molar-refractivity contribution in [2.45, 2.75) is 45.6 Å². The molecule has 9 heteroatoms. The van der Waals surface area contributed by atoms with Crippen LogP contribution in [-0.2, 0) is 0 Å². The molecule has 4 rings (SSSR count). The molecule has 34 heavy (non-hydrogen) atoms. The third kappa shape index (κ3) is 5.08. The second-order valence-electron chi connectivity index (χ2n) is 8.91. The van der Waals surface area contributed by atoms with Crippen LogP contribution in [0.4, 0.5) is 15.8 Å². The van der Waals surface area contributed by atoms with E-state index >= 15 is 0 Å². The second kappa shape index (κ2) is 10.5.